The van der Waals surface area contributed by atoms with E-state index in [4.69, 9.17) is 0 Å². The van der Waals surface area contributed by atoms with Gasteiger partial charge in [0, 0.05) is 12.2 Å². The van der Waals surface area contributed by atoms with E-state index in [0.29, 0.717) is 11.7 Å². The third kappa shape index (κ3) is 2.97. The molecule has 2 rings (SSSR count). The first-order chi connectivity index (χ1) is 8.80. The zero-order valence-corrected chi connectivity index (χ0v) is 11.5. The summed E-state index contributed by atoms with van der Waals surface area (Å²) in [6, 6.07) is 3.05. The molecule has 5 heteroatoms. The van der Waals surface area contributed by atoms with Crippen molar-refractivity contribution in [2.24, 2.45) is 5.41 Å². The van der Waals surface area contributed by atoms with E-state index in [0.717, 1.165) is 12.8 Å². The quantitative estimate of drug-likeness (QED) is 0.874. The molecule has 1 amide bonds. The molecule has 0 aromatic carbocycles. The largest absolute Gasteiger partial charge is 0.480 e. The number of nitrogens with one attached hydrogen (secondary N) is 1. The highest BCUT2D eigenvalue weighted by Gasteiger charge is 2.34. The number of carbonyl (C=O) groups excluding carboxylic acids is 1. The summed E-state index contributed by atoms with van der Waals surface area (Å²) in [6.07, 6.45) is 4.03. The predicted octanol–water partition coefficient (Wildman–Crippen LogP) is 2.05. The Balaban J connectivity index is 2.15. The Morgan fingerprint density at radius 3 is 2.53 bits per heavy atom. The summed E-state index contributed by atoms with van der Waals surface area (Å²) in [5.74, 6) is -1.33. The molecule has 2 N–H and O–H groups in total. The molecule has 1 atom stereocenters. The maximum atomic E-state index is 12.2. The molecule has 1 unspecified atom stereocenters. The lowest BCUT2D eigenvalue weighted by atomic mass is 9.86. The number of aliphatic carboxylic acids is 1. The third-order valence-corrected chi connectivity index (χ3v) is 3.34. The van der Waals surface area contributed by atoms with Gasteiger partial charge in [-0.2, -0.15) is 0 Å². The molecule has 1 aromatic heterocycles. The SMILES string of the molecule is CC(C)(C)C(NC(=O)c1cccn1C1CC1)C(=O)O. The minimum Gasteiger partial charge on any atom is -0.480 e. The van der Waals surface area contributed by atoms with Gasteiger partial charge < -0.3 is 15.0 Å². The smallest absolute Gasteiger partial charge is 0.326 e. The van der Waals surface area contributed by atoms with E-state index in [1.165, 1.54) is 0 Å². The predicted molar refractivity (Wildman–Crippen MR) is 71.0 cm³/mol. The molecule has 0 bridgehead atoms. The zero-order valence-electron chi connectivity index (χ0n) is 11.5. The van der Waals surface area contributed by atoms with Crippen LogP contribution in [0.5, 0.6) is 0 Å². The highest BCUT2D eigenvalue weighted by atomic mass is 16.4. The van der Waals surface area contributed by atoms with Crippen LogP contribution in [0.1, 0.15) is 50.1 Å². The van der Waals surface area contributed by atoms with Gasteiger partial charge in [-0.25, -0.2) is 4.79 Å². The minimum atomic E-state index is -1.01. The van der Waals surface area contributed by atoms with Crippen molar-refractivity contribution in [2.75, 3.05) is 0 Å². The van der Waals surface area contributed by atoms with Gasteiger partial charge in [0.25, 0.3) is 5.91 Å². The van der Waals surface area contributed by atoms with Crippen LogP contribution in [0.2, 0.25) is 0 Å². The molecule has 19 heavy (non-hydrogen) atoms. The van der Waals surface area contributed by atoms with E-state index < -0.39 is 17.4 Å². The van der Waals surface area contributed by atoms with Crippen molar-refractivity contribution < 1.29 is 14.7 Å². The summed E-state index contributed by atoms with van der Waals surface area (Å²) in [7, 11) is 0. The van der Waals surface area contributed by atoms with E-state index in [1.54, 1.807) is 26.8 Å². The minimum absolute atomic E-state index is 0.320. The molecule has 1 heterocycles. The Morgan fingerprint density at radius 2 is 2.05 bits per heavy atom. The summed E-state index contributed by atoms with van der Waals surface area (Å²) < 4.78 is 1.93. The van der Waals surface area contributed by atoms with Crippen molar-refractivity contribution in [3.05, 3.63) is 24.0 Å². The van der Waals surface area contributed by atoms with E-state index in [9.17, 15) is 14.7 Å². The summed E-state index contributed by atoms with van der Waals surface area (Å²) in [6.45, 7) is 5.39. The Kier molecular flexibility index (Phi) is 3.39. The molecular formula is C14H20N2O3. The second-order valence-corrected chi connectivity index (χ2v) is 6.14. The van der Waals surface area contributed by atoms with Gasteiger partial charge in [0.2, 0.25) is 0 Å². The fraction of sp³-hybridized carbons (Fsp3) is 0.571. The Bertz CT molecular complexity index is 495. The number of hydrogen-bond donors (Lipinski definition) is 2. The lowest BCUT2D eigenvalue weighted by Gasteiger charge is -2.27. The average molecular weight is 264 g/mol. The van der Waals surface area contributed by atoms with Crippen LogP contribution in [-0.4, -0.2) is 27.6 Å². The standard InChI is InChI=1S/C14H20N2O3/c1-14(2,3)11(13(18)19)15-12(17)10-5-4-8-16(10)9-6-7-9/h4-5,8-9,11H,6-7H2,1-3H3,(H,15,17)(H,18,19). The Hall–Kier alpha value is -1.78. The number of amides is 1. The summed E-state index contributed by atoms with van der Waals surface area (Å²) in [5, 5.41) is 11.8. The maximum absolute atomic E-state index is 12.2. The molecule has 104 valence electrons. The van der Waals surface area contributed by atoms with E-state index in [2.05, 4.69) is 5.32 Å². The van der Waals surface area contributed by atoms with E-state index >= 15 is 0 Å². The molecule has 0 aliphatic heterocycles. The number of rotatable bonds is 4. The Labute approximate surface area is 112 Å². The molecule has 0 radical (unpaired) electrons. The van der Waals surface area contributed by atoms with Crippen LogP contribution < -0.4 is 5.32 Å². The van der Waals surface area contributed by atoms with Crippen LogP contribution in [0.15, 0.2) is 18.3 Å². The average Bonchev–Trinajstić information content (AvgIpc) is 3.01. The molecule has 1 fully saturated rings. The van der Waals surface area contributed by atoms with Crippen LogP contribution in [0, 0.1) is 5.41 Å². The topological polar surface area (TPSA) is 71.3 Å². The molecule has 1 aliphatic rings. The van der Waals surface area contributed by atoms with Crippen LogP contribution >= 0.6 is 0 Å². The summed E-state index contributed by atoms with van der Waals surface area (Å²) in [4.78, 5) is 23.5. The number of aromatic nitrogens is 1. The second-order valence-electron chi connectivity index (χ2n) is 6.14. The van der Waals surface area contributed by atoms with Crippen LogP contribution in [0.3, 0.4) is 0 Å². The first-order valence-electron chi connectivity index (χ1n) is 6.51. The fourth-order valence-electron chi connectivity index (χ4n) is 2.11. The molecule has 1 saturated carbocycles. The number of carboxylic acid groups (broad SMARTS) is 1. The second kappa shape index (κ2) is 4.72. The van der Waals surface area contributed by atoms with Gasteiger partial charge in [0.15, 0.2) is 0 Å². The van der Waals surface area contributed by atoms with Crippen molar-refractivity contribution in [3.63, 3.8) is 0 Å². The number of carboxylic acids is 1. The normalized spacial score (nSPS) is 17.0. The van der Waals surface area contributed by atoms with Crippen molar-refractivity contribution in [2.45, 2.75) is 45.7 Å². The molecule has 5 nitrogen and oxygen atoms in total. The third-order valence-electron chi connectivity index (χ3n) is 3.34. The fourth-order valence-corrected chi connectivity index (χ4v) is 2.11. The van der Waals surface area contributed by atoms with Crippen molar-refractivity contribution in [3.8, 4) is 0 Å². The molecule has 0 spiro atoms. The molecule has 1 aromatic rings. The lowest BCUT2D eigenvalue weighted by Crippen LogP contribution is -2.49. The summed E-state index contributed by atoms with van der Waals surface area (Å²) >= 11 is 0. The van der Waals surface area contributed by atoms with Gasteiger partial charge in [-0.15, -0.1) is 0 Å². The first kappa shape index (κ1) is 13.6. The first-order valence-corrected chi connectivity index (χ1v) is 6.51. The molecule has 1 aliphatic carbocycles. The van der Waals surface area contributed by atoms with Gasteiger partial charge in [0.05, 0.1) is 0 Å². The summed E-state index contributed by atoms with van der Waals surface area (Å²) in [5.41, 5.74) is 0.0105. The lowest BCUT2D eigenvalue weighted by molar-refractivity contribution is -0.142. The van der Waals surface area contributed by atoms with E-state index in [1.807, 2.05) is 16.8 Å². The van der Waals surface area contributed by atoms with Crippen molar-refractivity contribution >= 4 is 11.9 Å². The monoisotopic (exact) mass is 264 g/mol. The van der Waals surface area contributed by atoms with Gasteiger partial charge in [-0.1, -0.05) is 20.8 Å². The Morgan fingerprint density at radius 1 is 1.42 bits per heavy atom. The zero-order chi connectivity index (χ0) is 14.2. The highest BCUT2D eigenvalue weighted by molar-refractivity contribution is 5.95. The molecular weight excluding hydrogens is 244 g/mol. The number of hydrogen-bond acceptors (Lipinski definition) is 2. The number of nitrogens with zero attached hydrogens (tertiary/aromatic N) is 1. The van der Waals surface area contributed by atoms with Crippen LogP contribution in [0.25, 0.3) is 0 Å². The number of carbonyl (C=O) groups is 2. The van der Waals surface area contributed by atoms with Gasteiger partial charge in [-0.05, 0) is 30.4 Å². The van der Waals surface area contributed by atoms with Crippen molar-refractivity contribution in [1.82, 2.24) is 9.88 Å². The maximum Gasteiger partial charge on any atom is 0.326 e. The van der Waals surface area contributed by atoms with Crippen LogP contribution in [0.4, 0.5) is 0 Å². The van der Waals surface area contributed by atoms with Gasteiger partial charge >= 0.3 is 5.97 Å². The van der Waals surface area contributed by atoms with Gasteiger partial charge in [0.1, 0.15) is 11.7 Å². The van der Waals surface area contributed by atoms with Crippen LogP contribution in [-0.2, 0) is 4.79 Å². The van der Waals surface area contributed by atoms with Gasteiger partial charge in [-0.3, -0.25) is 4.79 Å². The van der Waals surface area contributed by atoms with Crippen molar-refractivity contribution in [1.29, 1.82) is 0 Å². The highest BCUT2D eigenvalue weighted by Crippen LogP contribution is 2.36. The molecule has 0 saturated heterocycles. The van der Waals surface area contributed by atoms with E-state index in [-0.39, 0.29) is 5.91 Å².